The number of likely N-dealkylation sites (tertiary alicyclic amines) is 1. The molecular formula is C17H21N3O6. The topological polar surface area (TPSA) is 119 Å². The van der Waals surface area contributed by atoms with E-state index in [0.717, 1.165) is 18.9 Å². The van der Waals surface area contributed by atoms with Crippen LogP contribution in [0, 0.1) is 10.1 Å². The fraction of sp³-hybridized carbons (Fsp3) is 0.471. The Morgan fingerprint density at radius 3 is 2.50 bits per heavy atom. The number of amides is 2. The molecule has 1 N–H and O–H groups in total. The molecular weight excluding hydrogens is 342 g/mol. The van der Waals surface area contributed by atoms with E-state index in [1.54, 1.807) is 4.90 Å². The lowest BCUT2D eigenvalue weighted by Crippen LogP contribution is -2.44. The van der Waals surface area contributed by atoms with Gasteiger partial charge in [0.15, 0.2) is 6.10 Å². The molecule has 0 unspecified atom stereocenters. The Morgan fingerprint density at radius 1 is 1.23 bits per heavy atom. The lowest BCUT2D eigenvalue weighted by molar-refractivity contribution is -0.384. The number of non-ortho nitro benzene ring substituents is 1. The predicted molar refractivity (Wildman–Crippen MR) is 91.4 cm³/mol. The molecule has 1 aromatic carbocycles. The Kier molecular flexibility index (Phi) is 6.26. The highest BCUT2D eigenvalue weighted by Crippen LogP contribution is 2.14. The van der Waals surface area contributed by atoms with Crippen molar-refractivity contribution in [3.63, 3.8) is 0 Å². The van der Waals surface area contributed by atoms with Crippen LogP contribution in [0.2, 0.25) is 0 Å². The third-order valence-corrected chi connectivity index (χ3v) is 4.08. The number of nitrogens with zero attached hydrogens (tertiary/aromatic N) is 2. The quantitative estimate of drug-likeness (QED) is 0.462. The molecule has 0 radical (unpaired) electrons. The zero-order valence-corrected chi connectivity index (χ0v) is 14.6. The van der Waals surface area contributed by atoms with E-state index in [1.165, 1.54) is 32.0 Å². The van der Waals surface area contributed by atoms with E-state index >= 15 is 0 Å². The van der Waals surface area contributed by atoms with Crippen molar-refractivity contribution in [2.75, 3.05) is 13.1 Å². The minimum absolute atomic E-state index is 0.0556. The molecule has 1 aliphatic heterocycles. The Hall–Kier alpha value is -2.97. The molecule has 9 nitrogen and oxygen atoms in total. The molecule has 2 amide bonds. The van der Waals surface area contributed by atoms with Gasteiger partial charge in [-0.3, -0.25) is 19.7 Å². The maximum Gasteiger partial charge on any atom is 0.329 e. The molecule has 2 rings (SSSR count). The summed E-state index contributed by atoms with van der Waals surface area (Å²) in [6, 6.07) is 4.16. The third-order valence-electron chi connectivity index (χ3n) is 4.08. The number of nitrogens with one attached hydrogen (secondary N) is 1. The van der Waals surface area contributed by atoms with Gasteiger partial charge in [-0.15, -0.1) is 0 Å². The van der Waals surface area contributed by atoms with Crippen molar-refractivity contribution in [2.24, 2.45) is 0 Å². The largest absolute Gasteiger partial charge is 0.451 e. The lowest BCUT2D eigenvalue weighted by Gasteiger charge is -2.22. The molecule has 2 atom stereocenters. The second-order valence-electron chi connectivity index (χ2n) is 6.11. The average Bonchev–Trinajstić information content (AvgIpc) is 3.15. The molecule has 0 bridgehead atoms. The van der Waals surface area contributed by atoms with Gasteiger partial charge in [0.25, 0.3) is 17.5 Å². The van der Waals surface area contributed by atoms with Crippen LogP contribution in [0.25, 0.3) is 0 Å². The van der Waals surface area contributed by atoms with Gasteiger partial charge in [0.2, 0.25) is 0 Å². The summed E-state index contributed by atoms with van der Waals surface area (Å²) in [6.07, 6.45) is 0.933. The van der Waals surface area contributed by atoms with Gasteiger partial charge < -0.3 is 15.0 Å². The van der Waals surface area contributed by atoms with Gasteiger partial charge >= 0.3 is 5.97 Å². The van der Waals surface area contributed by atoms with Crippen molar-refractivity contribution < 1.29 is 24.0 Å². The lowest BCUT2D eigenvalue weighted by atomic mass is 10.2. The van der Waals surface area contributed by atoms with Crippen LogP contribution in [-0.4, -0.2) is 52.8 Å². The second kappa shape index (κ2) is 8.41. The fourth-order valence-corrected chi connectivity index (χ4v) is 2.62. The summed E-state index contributed by atoms with van der Waals surface area (Å²) in [5.41, 5.74) is -0.169. The van der Waals surface area contributed by atoms with Gasteiger partial charge in [-0.25, -0.2) is 4.79 Å². The maximum absolute atomic E-state index is 12.1. The van der Waals surface area contributed by atoms with E-state index in [9.17, 15) is 24.5 Å². The molecule has 0 spiro atoms. The van der Waals surface area contributed by atoms with Crippen LogP contribution in [0.5, 0.6) is 0 Å². The van der Waals surface area contributed by atoms with Crippen molar-refractivity contribution in [3.05, 3.63) is 39.9 Å². The summed E-state index contributed by atoms with van der Waals surface area (Å²) >= 11 is 0. The smallest absolute Gasteiger partial charge is 0.329 e. The van der Waals surface area contributed by atoms with Crippen molar-refractivity contribution in [1.29, 1.82) is 0 Å². The first-order chi connectivity index (χ1) is 12.3. The zero-order valence-electron chi connectivity index (χ0n) is 14.6. The first-order valence-electron chi connectivity index (χ1n) is 8.34. The third kappa shape index (κ3) is 4.78. The minimum Gasteiger partial charge on any atom is -0.451 e. The Bertz CT molecular complexity index is 714. The van der Waals surface area contributed by atoms with Crippen LogP contribution in [0.3, 0.4) is 0 Å². The summed E-state index contributed by atoms with van der Waals surface area (Å²) < 4.78 is 5.13. The predicted octanol–water partition coefficient (Wildman–Crippen LogP) is 1.27. The second-order valence-corrected chi connectivity index (χ2v) is 6.11. The van der Waals surface area contributed by atoms with Crippen molar-refractivity contribution in [2.45, 2.75) is 38.8 Å². The number of carbonyl (C=O) groups is 3. The summed E-state index contributed by atoms with van der Waals surface area (Å²) in [4.78, 5) is 48.2. The standard InChI is InChI=1S/C17H21N3O6/c1-11(17(23)26-12(2)16(22)19-8-3-4-9-19)18-15(21)13-6-5-7-14(10-13)20(24)25/h5-7,10-12H,3-4,8-9H2,1-2H3,(H,18,21)/t11-,12+/m1/s1. The number of rotatable bonds is 6. The fourth-order valence-electron chi connectivity index (χ4n) is 2.62. The van der Waals surface area contributed by atoms with E-state index in [4.69, 9.17) is 4.74 Å². The highest BCUT2D eigenvalue weighted by molar-refractivity contribution is 5.97. The molecule has 0 saturated carbocycles. The van der Waals surface area contributed by atoms with Crippen LogP contribution >= 0.6 is 0 Å². The average molecular weight is 363 g/mol. The number of nitro groups is 1. The highest BCUT2D eigenvalue weighted by atomic mass is 16.6. The molecule has 9 heteroatoms. The SMILES string of the molecule is C[C@H](OC(=O)[C@@H](C)NC(=O)c1cccc([N+](=O)[O-])c1)C(=O)N1CCCC1. The van der Waals surface area contributed by atoms with Crippen LogP contribution in [0.1, 0.15) is 37.0 Å². The molecule has 26 heavy (non-hydrogen) atoms. The molecule has 1 saturated heterocycles. The van der Waals surface area contributed by atoms with Crippen molar-refractivity contribution in [1.82, 2.24) is 10.2 Å². The van der Waals surface area contributed by atoms with Gasteiger partial charge in [-0.1, -0.05) is 6.07 Å². The Labute approximate surface area is 150 Å². The van der Waals surface area contributed by atoms with E-state index in [1.807, 2.05) is 0 Å². The van der Waals surface area contributed by atoms with Gasteiger partial charge in [0, 0.05) is 30.8 Å². The summed E-state index contributed by atoms with van der Waals surface area (Å²) in [5.74, 6) is -1.64. The van der Waals surface area contributed by atoms with Crippen molar-refractivity contribution >= 4 is 23.5 Å². The first-order valence-corrected chi connectivity index (χ1v) is 8.34. The van der Waals surface area contributed by atoms with Gasteiger partial charge in [-0.05, 0) is 32.8 Å². The van der Waals surface area contributed by atoms with Crippen LogP contribution in [-0.2, 0) is 14.3 Å². The highest BCUT2D eigenvalue weighted by Gasteiger charge is 2.28. The van der Waals surface area contributed by atoms with Crippen molar-refractivity contribution in [3.8, 4) is 0 Å². The van der Waals surface area contributed by atoms with E-state index in [-0.39, 0.29) is 17.2 Å². The Morgan fingerprint density at radius 2 is 1.88 bits per heavy atom. The van der Waals surface area contributed by atoms with Gasteiger partial charge in [0.1, 0.15) is 6.04 Å². The maximum atomic E-state index is 12.1. The van der Waals surface area contributed by atoms with Gasteiger partial charge in [0.05, 0.1) is 4.92 Å². The molecule has 140 valence electrons. The molecule has 0 aliphatic carbocycles. The number of hydrogen-bond donors (Lipinski definition) is 1. The molecule has 1 heterocycles. The minimum atomic E-state index is -1.00. The van der Waals surface area contributed by atoms with E-state index < -0.39 is 28.9 Å². The summed E-state index contributed by atoms with van der Waals surface area (Å²) in [7, 11) is 0. The zero-order chi connectivity index (χ0) is 19.3. The van der Waals surface area contributed by atoms with Crippen LogP contribution < -0.4 is 5.32 Å². The van der Waals surface area contributed by atoms with Crippen LogP contribution in [0.4, 0.5) is 5.69 Å². The van der Waals surface area contributed by atoms with E-state index in [0.29, 0.717) is 13.1 Å². The number of carbonyl (C=O) groups excluding carboxylic acids is 3. The number of nitro benzene ring substituents is 1. The van der Waals surface area contributed by atoms with Gasteiger partial charge in [-0.2, -0.15) is 0 Å². The summed E-state index contributed by atoms with van der Waals surface area (Å²) in [6.45, 7) is 4.22. The van der Waals surface area contributed by atoms with E-state index in [2.05, 4.69) is 5.32 Å². The molecule has 0 aromatic heterocycles. The number of hydrogen-bond acceptors (Lipinski definition) is 6. The monoisotopic (exact) mass is 363 g/mol. The summed E-state index contributed by atoms with van der Waals surface area (Å²) in [5, 5.41) is 13.2. The number of benzene rings is 1. The Balaban J connectivity index is 1.91. The molecule has 1 aromatic rings. The molecule has 1 fully saturated rings. The van der Waals surface area contributed by atoms with Crippen LogP contribution in [0.15, 0.2) is 24.3 Å². The first kappa shape index (κ1) is 19.4. The number of ether oxygens (including phenoxy) is 1. The normalized spacial score (nSPS) is 15.8. The number of esters is 1. The molecule has 1 aliphatic rings.